The largest absolute Gasteiger partial charge is 0.455 e. The smallest absolute Gasteiger partial charge is 0.303 e. The number of hydrogen-bond acceptors (Lipinski definition) is 8. The molecule has 216 valence electrons. The Morgan fingerprint density at radius 3 is 2.71 bits per heavy atom. The van der Waals surface area contributed by atoms with Gasteiger partial charge in [0, 0.05) is 19.3 Å². The molecule has 2 aliphatic rings. The number of ether oxygens (including phenoxy) is 2. The number of carbonyl (C=O) groups is 2. The summed E-state index contributed by atoms with van der Waals surface area (Å²) in [5.74, 6) is -0.825. The molecule has 2 aliphatic heterocycles. The zero-order chi connectivity index (χ0) is 28.7. The maximum absolute atomic E-state index is 12.6. The molecule has 9 heteroatoms. The summed E-state index contributed by atoms with van der Waals surface area (Å²) in [6.45, 7) is 10.3. The van der Waals surface area contributed by atoms with E-state index in [1.165, 1.54) is 6.92 Å². The summed E-state index contributed by atoms with van der Waals surface area (Å²) < 4.78 is 11.0. The highest BCUT2D eigenvalue weighted by Crippen LogP contribution is 2.37. The zero-order valence-electron chi connectivity index (χ0n) is 23.6. The van der Waals surface area contributed by atoms with Crippen LogP contribution in [0.1, 0.15) is 80.1 Å². The quantitative estimate of drug-likeness (QED) is 0.130. The molecule has 1 fully saturated rings. The Morgan fingerprint density at radius 1 is 1.39 bits per heavy atom. The van der Waals surface area contributed by atoms with Crippen LogP contribution in [0, 0.1) is 5.92 Å². The molecule has 9 nitrogen and oxygen atoms in total. The number of carbonyl (C=O) groups excluding carboxylic acids is 2. The molecule has 0 unspecified atom stereocenters. The van der Waals surface area contributed by atoms with Crippen molar-refractivity contribution in [2.45, 2.75) is 128 Å². The number of nitrogens with one attached hydrogen (secondary N) is 1. The minimum atomic E-state index is -1.40. The molecule has 0 saturated carbocycles. The average molecular weight is 538 g/mol. The lowest BCUT2D eigenvalue weighted by Crippen LogP contribution is -2.43. The molecule has 0 bridgehead atoms. The van der Waals surface area contributed by atoms with Gasteiger partial charge in [0.15, 0.2) is 0 Å². The molecule has 2 heterocycles. The van der Waals surface area contributed by atoms with Crippen LogP contribution >= 0.6 is 0 Å². The van der Waals surface area contributed by atoms with E-state index in [0.29, 0.717) is 19.3 Å². The molecular weight excluding hydrogens is 490 g/mol. The molecule has 0 spiro atoms. The van der Waals surface area contributed by atoms with E-state index in [0.717, 1.165) is 5.57 Å². The van der Waals surface area contributed by atoms with Gasteiger partial charge in [0.1, 0.15) is 11.7 Å². The number of esters is 1. The van der Waals surface area contributed by atoms with Crippen molar-refractivity contribution in [3.05, 3.63) is 36.0 Å². The van der Waals surface area contributed by atoms with Gasteiger partial charge in [-0.2, -0.15) is 0 Å². The van der Waals surface area contributed by atoms with Crippen LogP contribution in [0.15, 0.2) is 36.0 Å². The minimum absolute atomic E-state index is 0.00680. The summed E-state index contributed by atoms with van der Waals surface area (Å²) in [6.07, 6.45) is 7.82. The molecule has 1 saturated heterocycles. The van der Waals surface area contributed by atoms with E-state index >= 15 is 0 Å². The predicted molar refractivity (Wildman–Crippen MR) is 144 cm³/mol. The van der Waals surface area contributed by atoms with Crippen molar-refractivity contribution in [2.75, 3.05) is 0 Å². The highest BCUT2D eigenvalue weighted by molar-refractivity contribution is 5.77. The van der Waals surface area contributed by atoms with Gasteiger partial charge in [-0.05, 0) is 52.5 Å². The molecule has 0 radical (unpaired) electrons. The van der Waals surface area contributed by atoms with E-state index in [4.69, 9.17) is 9.47 Å². The van der Waals surface area contributed by atoms with Crippen LogP contribution in [0.3, 0.4) is 0 Å². The first-order chi connectivity index (χ1) is 17.6. The Labute approximate surface area is 226 Å². The van der Waals surface area contributed by atoms with Crippen LogP contribution in [0.25, 0.3) is 0 Å². The Bertz CT molecular complexity index is 893. The summed E-state index contributed by atoms with van der Waals surface area (Å²) in [5, 5.41) is 45.0. The molecule has 2 rings (SSSR count). The summed E-state index contributed by atoms with van der Waals surface area (Å²) in [7, 11) is 0. The van der Waals surface area contributed by atoms with E-state index < -0.39 is 41.5 Å². The Hall–Kier alpha value is -2.04. The van der Waals surface area contributed by atoms with Gasteiger partial charge in [-0.15, -0.1) is 0 Å². The second-order valence-electron chi connectivity index (χ2n) is 11.4. The third-order valence-electron chi connectivity index (χ3n) is 7.47. The number of allylic oxidation sites excluding steroid dienone is 2. The van der Waals surface area contributed by atoms with E-state index in [2.05, 4.69) is 5.32 Å². The maximum Gasteiger partial charge on any atom is 0.303 e. The first-order valence-corrected chi connectivity index (χ1v) is 13.6. The van der Waals surface area contributed by atoms with E-state index in [1.54, 1.807) is 38.2 Å². The average Bonchev–Trinajstić information content (AvgIpc) is 3.57. The number of rotatable bonds is 9. The third kappa shape index (κ3) is 10.3. The first kappa shape index (κ1) is 32.2. The number of amides is 1. The summed E-state index contributed by atoms with van der Waals surface area (Å²) in [4.78, 5) is 24.2. The van der Waals surface area contributed by atoms with Crippen LogP contribution in [-0.2, 0) is 19.1 Å². The summed E-state index contributed by atoms with van der Waals surface area (Å²) in [5.41, 5.74) is -1.70. The normalized spacial score (nSPS) is 34.4. The number of hydrogen-bond donors (Lipinski definition) is 5. The topological polar surface area (TPSA) is 149 Å². The van der Waals surface area contributed by atoms with Gasteiger partial charge in [0.25, 0.3) is 0 Å². The van der Waals surface area contributed by atoms with Crippen molar-refractivity contribution in [2.24, 2.45) is 5.92 Å². The Kier molecular flexibility index (Phi) is 11.7. The van der Waals surface area contributed by atoms with Crippen LogP contribution in [-0.4, -0.2) is 80.1 Å². The van der Waals surface area contributed by atoms with E-state index in [-0.39, 0.29) is 43.3 Å². The summed E-state index contributed by atoms with van der Waals surface area (Å²) >= 11 is 0. The molecule has 9 atom stereocenters. The van der Waals surface area contributed by atoms with Gasteiger partial charge < -0.3 is 35.2 Å². The van der Waals surface area contributed by atoms with Crippen molar-refractivity contribution in [1.29, 1.82) is 0 Å². The fourth-order valence-corrected chi connectivity index (χ4v) is 4.79. The molecule has 0 aliphatic carbocycles. The monoisotopic (exact) mass is 537 g/mol. The minimum Gasteiger partial charge on any atom is -0.455 e. The molecule has 0 aromatic carbocycles. The van der Waals surface area contributed by atoms with E-state index in [9.17, 15) is 30.0 Å². The van der Waals surface area contributed by atoms with Gasteiger partial charge >= 0.3 is 5.97 Å². The van der Waals surface area contributed by atoms with Crippen LogP contribution < -0.4 is 5.32 Å². The fourth-order valence-electron chi connectivity index (χ4n) is 4.79. The van der Waals surface area contributed by atoms with Gasteiger partial charge in [0.2, 0.25) is 5.91 Å². The van der Waals surface area contributed by atoms with Gasteiger partial charge in [-0.25, -0.2) is 0 Å². The Balaban J connectivity index is 2.11. The fraction of sp³-hybridized carbons (Fsp3) is 0.724. The molecule has 0 aromatic heterocycles. The lowest BCUT2D eigenvalue weighted by molar-refractivity contribution is -0.156. The van der Waals surface area contributed by atoms with Crippen LogP contribution in [0.5, 0.6) is 0 Å². The SMILES string of the molecule is CC[C@H](O)[C@@H](C)[C@H]1O[C@@H]1C[C@@](C)(O)C=CC=C(C)[C@@H]1CC=C[C@H](OC(C)=O)[C@](C)(O)CC[C@@H](O)CC(=O)N1. The Morgan fingerprint density at radius 2 is 2.08 bits per heavy atom. The highest BCUT2D eigenvalue weighted by Gasteiger charge is 2.47. The third-order valence-corrected chi connectivity index (χ3v) is 7.47. The van der Waals surface area contributed by atoms with Crippen molar-refractivity contribution >= 4 is 11.9 Å². The standard InChI is InChI=1S/C29H47NO8/c1-7-23(33)19(3)27-24(38-27)17-28(5,35)14-9-10-18(2)22-11-8-12-25(37-20(4)31)29(6,36)15-13-21(32)16-26(34)30-22/h8-10,12,14,19,21-25,27,32-33,35-36H,7,11,13,15-17H2,1-6H3,(H,30,34)/t19-,21-,22+,23+,24-,25+,27-,28+,29-/m1/s1. The molecule has 1 amide bonds. The second-order valence-corrected chi connectivity index (χ2v) is 11.4. The van der Waals surface area contributed by atoms with Gasteiger partial charge in [-0.1, -0.05) is 43.7 Å². The summed E-state index contributed by atoms with van der Waals surface area (Å²) in [6, 6.07) is -0.407. The molecule has 0 aromatic rings. The lowest BCUT2D eigenvalue weighted by atomic mass is 9.89. The van der Waals surface area contributed by atoms with Crippen molar-refractivity contribution in [3.8, 4) is 0 Å². The highest BCUT2D eigenvalue weighted by atomic mass is 16.6. The number of aliphatic hydroxyl groups excluding tert-OH is 2. The first-order valence-electron chi connectivity index (χ1n) is 13.6. The zero-order valence-corrected chi connectivity index (χ0v) is 23.6. The number of aliphatic hydroxyl groups is 4. The van der Waals surface area contributed by atoms with Gasteiger partial charge in [-0.3, -0.25) is 9.59 Å². The lowest BCUT2D eigenvalue weighted by Gasteiger charge is -2.31. The molecular formula is C29H47NO8. The molecule has 38 heavy (non-hydrogen) atoms. The van der Waals surface area contributed by atoms with Crippen molar-refractivity contribution in [1.82, 2.24) is 5.32 Å². The van der Waals surface area contributed by atoms with Gasteiger partial charge in [0.05, 0.1) is 42.5 Å². The van der Waals surface area contributed by atoms with Crippen molar-refractivity contribution in [3.63, 3.8) is 0 Å². The second kappa shape index (κ2) is 13.8. The molecule has 5 N–H and O–H groups in total. The number of epoxide rings is 1. The van der Waals surface area contributed by atoms with Crippen LogP contribution in [0.4, 0.5) is 0 Å². The predicted octanol–water partition coefficient (Wildman–Crippen LogP) is 2.46. The maximum atomic E-state index is 12.6. The van der Waals surface area contributed by atoms with Crippen molar-refractivity contribution < 1.29 is 39.5 Å². The van der Waals surface area contributed by atoms with Crippen LogP contribution in [0.2, 0.25) is 0 Å². The van der Waals surface area contributed by atoms with E-state index in [1.807, 2.05) is 26.8 Å².